The largest absolute Gasteiger partial charge is 0.315 e. The van der Waals surface area contributed by atoms with Gasteiger partial charge in [0.15, 0.2) is 0 Å². The van der Waals surface area contributed by atoms with Crippen LogP contribution in [0.2, 0.25) is 0 Å². The van der Waals surface area contributed by atoms with Crippen LogP contribution in [0.25, 0.3) is 0 Å². The maximum absolute atomic E-state index is 3.65. The minimum Gasteiger partial charge on any atom is -0.315 e. The highest BCUT2D eigenvalue weighted by Crippen LogP contribution is 2.26. The first-order valence-corrected chi connectivity index (χ1v) is 6.82. The molecule has 13 heavy (non-hydrogen) atoms. The summed E-state index contributed by atoms with van der Waals surface area (Å²) in [6.45, 7) is 2.55. The summed E-state index contributed by atoms with van der Waals surface area (Å²) in [5.41, 5.74) is 0. The van der Waals surface area contributed by atoms with Gasteiger partial charge in [0.25, 0.3) is 0 Å². The molecule has 76 valence electrons. The number of rotatable bonds is 4. The van der Waals surface area contributed by atoms with Crippen molar-refractivity contribution < 1.29 is 0 Å². The molecule has 2 rings (SSSR count). The summed E-state index contributed by atoms with van der Waals surface area (Å²) >= 11 is 2.16. The minimum absolute atomic E-state index is 0.932. The van der Waals surface area contributed by atoms with E-state index < -0.39 is 0 Å². The Morgan fingerprint density at radius 1 is 1.00 bits per heavy atom. The van der Waals surface area contributed by atoms with E-state index in [-0.39, 0.29) is 0 Å². The second-order valence-corrected chi connectivity index (χ2v) is 5.85. The summed E-state index contributed by atoms with van der Waals surface area (Å²) in [6, 6.07) is 0. The summed E-state index contributed by atoms with van der Waals surface area (Å²) in [6.07, 6.45) is 8.80. The maximum Gasteiger partial charge on any atom is 0.0172 e. The van der Waals surface area contributed by atoms with Crippen LogP contribution in [0.4, 0.5) is 0 Å². The van der Waals surface area contributed by atoms with Crippen molar-refractivity contribution in [3.05, 3.63) is 0 Å². The normalized spacial score (nSPS) is 30.0. The highest BCUT2D eigenvalue weighted by atomic mass is 32.2. The molecule has 0 bridgehead atoms. The predicted molar refractivity (Wildman–Crippen MR) is 60.3 cm³/mol. The molecule has 1 nitrogen and oxygen atoms in total. The van der Waals surface area contributed by atoms with Crippen molar-refractivity contribution in [1.82, 2.24) is 5.32 Å². The Bertz CT molecular complexity index is 121. The smallest absolute Gasteiger partial charge is 0.0172 e. The van der Waals surface area contributed by atoms with E-state index in [1.165, 1.54) is 57.4 Å². The third-order valence-electron chi connectivity index (χ3n) is 3.30. The Morgan fingerprint density at radius 3 is 2.54 bits per heavy atom. The van der Waals surface area contributed by atoms with Gasteiger partial charge in [-0.1, -0.05) is 12.8 Å². The highest BCUT2D eigenvalue weighted by molar-refractivity contribution is 8.00. The van der Waals surface area contributed by atoms with Gasteiger partial charge < -0.3 is 5.32 Å². The van der Waals surface area contributed by atoms with Crippen molar-refractivity contribution in [3.63, 3.8) is 0 Å². The second kappa shape index (κ2) is 5.26. The molecule has 1 atom stereocenters. The van der Waals surface area contributed by atoms with E-state index in [9.17, 15) is 0 Å². The topological polar surface area (TPSA) is 12.0 Å². The van der Waals surface area contributed by atoms with Gasteiger partial charge in [-0.25, -0.2) is 0 Å². The molecule has 2 aliphatic rings. The summed E-state index contributed by atoms with van der Waals surface area (Å²) in [7, 11) is 0. The van der Waals surface area contributed by atoms with E-state index in [4.69, 9.17) is 0 Å². The Labute approximate surface area is 86.0 Å². The molecule has 1 aliphatic heterocycles. The summed E-state index contributed by atoms with van der Waals surface area (Å²) < 4.78 is 0. The molecule has 1 saturated carbocycles. The highest BCUT2D eigenvalue weighted by Gasteiger charge is 2.17. The van der Waals surface area contributed by atoms with Crippen molar-refractivity contribution in [3.8, 4) is 0 Å². The number of nitrogens with one attached hydrogen (secondary N) is 1. The van der Waals surface area contributed by atoms with Gasteiger partial charge in [-0.3, -0.25) is 0 Å². The van der Waals surface area contributed by atoms with Crippen LogP contribution in [0.1, 0.15) is 38.5 Å². The molecule has 1 N–H and O–H groups in total. The fourth-order valence-corrected chi connectivity index (χ4v) is 3.70. The van der Waals surface area contributed by atoms with E-state index in [0.29, 0.717) is 0 Å². The van der Waals surface area contributed by atoms with Gasteiger partial charge in [0.2, 0.25) is 0 Å². The zero-order valence-electron chi connectivity index (χ0n) is 8.43. The predicted octanol–water partition coefficient (Wildman–Crippen LogP) is 2.66. The molecule has 1 saturated heterocycles. The lowest BCUT2D eigenvalue weighted by atomic mass is 10.1. The van der Waals surface area contributed by atoms with Crippen LogP contribution in [-0.2, 0) is 0 Å². The van der Waals surface area contributed by atoms with E-state index >= 15 is 0 Å². The molecule has 1 unspecified atom stereocenters. The van der Waals surface area contributed by atoms with E-state index in [1.807, 2.05) is 0 Å². The van der Waals surface area contributed by atoms with Gasteiger partial charge in [-0.05, 0) is 43.9 Å². The van der Waals surface area contributed by atoms with Gasteiger partial charge in [0.05, 0.1) is 0 Å². The van der Waals surface area contributed by atoms with Gasteiger partial charge in [0, 0.05) is 11.8 Å². The molecule has 0 radical (unpaired) electrons. The zero-order chi connectivity index (χ0) is 8.93. The van der Waals surface area contributed by atoms with Crippen molar-refractivity contribution in [2.24, 2.45) is 5.92 Å². The number of hydrogen-bond acceptors (Lipinski definition) is 2. The molecule has 0 aromatic carbocycles. The quantitative estimate of drug-likeness (QED) is 0.747. The molecule has 0 aromatic heterocycles. The summed E-state index contributed by atoms with van der Waals surface area (Å²) in [5.74, 6) is 2.40. The summed E-state index contributed by atoms with van der Waals surface area (Å²) in [4.78, 5) is 0. The first-order valence-electron chi connectivity index (χ1n) is 5.77. The van der Waals surface area contributed by atoms with E-state index in [1.54, 1.807) is 0 Å². The van der Waals surface area contributed by atoms with Crippen LogP contribution in [0, 0.1) is 5.92 Å². The molecular formula is C11H21NS. The Kier molecular flexibility index (Phi) is 3.98. The van der Waals surface area contributed by atoms with Crippen LogP contribution in [0.15, 0.2) is 0 Å². The standard InChI is InChI=1S/C11H21NS/c1-2-5-10(4-1)8-12-9-11-6-3-7-13-11/h10-12H,1-9H2. The Morgan fingerprint density at radius 2 is 1.85 bits per heavy atom. The van der Waals surface area contributed by atoms with Crippen molar-refractivity contribution in [2.45, 2.75) is 43.8 Å². The summed E-state index contributed by atoms with van der Waals surface area (Å²) in [5, 5.41) is 4.58. The lowest BCUT2D eigenvalue weighted by Gasteiger charge is -2.13. The van der Waals surface area contributed by atoms with Crippen LogP contribution in [0.5, 0.6) is 0 Å². The number of thioether (sulfide) groups is 1. The van der Waals surface area contributed by atoms with E-state index in [0.717, 1.165) is 11.2 Å². The van der Waals surface area contributed by atoms with Crippen LogP contribution in [-0.4, -0.2) is 24.1 Å². The van der Waals surface area contributed by atoms with Gasteiger partial charge in [-0.15, -0.1) is 0 Å². The lowest BCUT2D eigenvalue weighted by molar-refractivity contribution is 0.487. The first kappa shape index (κ1) is 9.85. The molecular weight excluding hydrogens is 178 g/mol. The SMILES string of the molecule is C1CCC(CNCC2CCCS2)C1. The molecule has 2 fully saturated rings. The fraction of sp³-hybridized carbons (Fsp3) is 1.00. The Balaban J connectivity index is 1.52. The Hall–Kier alpha value is 0.310. The average Bonchev–Trinajstić information content (AvgIpc) is 2.75. The molecule has 1 heterocycles. The van der Waals surface area contributed by atoms with Crippen LogP contribution in [0.3, 0.4) is 0 Å². The molecule has 0 amide bonds. The molecule has 2 heteroatoms. The van der Waals surface area contributed by atoms with Crippen molar-refractivity contribution in [2.75, 3.05) is 18.8 Å². The first-order chi connectivity index (χ1) is 6.45. The second-order valence-electron chi connectivity index (χ2n) is 4.44. The minimum atomic E-state index is 0.932. The average molecular weight is 199 g/mol. The zero-order valence-corrected chi connectivity index (χ0v) is 9.24. The third kappa shape index (κ3) is 3.17. The third-order valence-corrected chi connectivity index (χ3v) is 4.70. The molecule has 0 aromatic rings. The van der Waals surface area contributed by atoms with Crippen LogP contribution < -0.4 is 5.32 Å². The lowest BCUT2D eigenvalue weighted by Crippen LogP contribution is -2.27. The van der Waals surface area contributed by atoms with Gasteiger partial charge in [-0.2, -0.15) is 11.8 Å². The van der Waals surface area contributed by atoms with Crippen molar-refractivity contribution in [1.29, 1.82) is 0 Å². The van der Waals surface area contributed by atoms with Gasteiger partial charge in [0.1, 0.15) is 0 Å². The van der Waals surface area contributed by atoms with Crippen molar-refractivity contribution >= 4 is 11.8 Å². The van der Waals surface area contributed by atoms with E-state index in [2.05, 4.69) is 17.1 Å². The number of hydrogen-bond donors (Lipinski definition) is 1. The molecule has 1 aliphatic carbocycles. The molecule has 0 spiro atoms. The maximum atomic E-state index is 3.65. The fourth-order valence-electron chi connectivity index (χ4n) is 2.47. The van der Waals surface area contributed by atoms with Crippen LogP contribution >= 0.6 is 11.8 Å². The van der Waals surface area contributed by atoms with Gasteiger partial charge >= 0.3 is 0 Å². The monoisotopic (exact) mass is 199 g/mol.